The summed E-state index contributed by atoms with van der Waals surface area (Å²) in [5.41, 5.74) is 0.200. The third-order valence-electron chi connectivity index (χ3n) is 3.41. The van der Waals surface area contributed by atoms with E-state index in [2.05, 4.69) is 10.0 Å². The number of carbonyl (C=O) groups excluding carboxylic acids is 1. The molecule has 0 saturated heterocycles. The predicted octanol–water partition coefficient (Wildman–Crippen LogP) is 4.48. The van der Waals surface area contributed by atoms with E-state index in [1.54, 1.807) is 6.92 Å². The molecule has 26 heavy (non-hydrogen) atoms. The van der Waals surface area contributed by atoms with Gasteiger partial charge in [-0.2, -0.15) is 4.72 Å². The maximum absolute atomic E-state index is 13.0. The number of carbonyl (C=O) groups is 1. The van der Waals surface area contributed by atoms with Crippen LogP contribution in [0.1, 0.15) is 13.3 Å². The molecule has 0 radical (unpaired) electrons. The zero-order chi connectivity index (χ0) is 19.5. The number of hydrogen-bond donors (Lipinski definition) is 2. The number of rotatable bonds is 6. The highest BCUT2D eigenvalue weighted by molar-refractivity contribution is 7.89. The lowest BCUT2D eigenvalue weighted by Gasteiger charge is -2.18. The second kappa shape index (κ2) is 8.54. The average Bonchev–Trinajstić information content (AvgIpc) is 2.57. The summed E-state index contributed by atoms with van der Waals surface area (Å²) in [6, 6.07) is 5.91. The van der Waals surface area contributed by atoms with Crippen molar-refractivity contribution in [1.29, 1.82) is 0 Å². The highest BCUT2D eigenvalue weighted by atomic mass is 35.5. The van der Waals surface area contributed by atoms with Crippen LogP contribution in [-0.4, -0.2) is 20.4 Å². The molecule has 0 bridgehead atoms. The zero-order valence-corrected chi connectivity index (χ0v) is 16.5. The topological polar surface area (TPSA) is 75.3 Å². The number of amides is 1. The molecule has 0 heterocycles. The average molecular weight is 440 g/mol. The van der Waals surface area contributed by atoms with Gasteiger partial charge in [0.1, 0.15) is 11.9 Å². The van der Waals surface area contributed by atoms with Crippen LogP contribution in [0.4, 0.5) is 10.1 Å². The van der Waals surface area contributed by atoms with Gasteiger partial charge in [0.15, 0.2) is 0 Å². The maximum atomic E-state index is 13.0. The standard InChI is InChI=1S/C16H14Cl3FN2O3S/c1-2-14(22-26(24,25)10-5-3-9(20)4-6-10)16(23)21-15-8-12(18)11(17)7-13(15)19/h3-8,14,22H,2H2,1H3,(H,21,23). The molecule has 2 aromatic rings. The number of nitrogens with one attached hydrogen (secondary N) is 2. The van der Waals surface area contributed by atoms with Crippen molar-refractivity contribution in [3.05, 3.63) is 57.3 Å². The van der Waals surface area contributed by atoms with E-state index in [4.69, 9.17) is 34.8 Å². The van der Waals surface area contributed by atoms with Crippen molar-refractivity contribution >= 4 is 56.4 Å². The molecule has 0 spiro atoms. The van der Waals surface area contributed by atoms with Crippen LogP contribution in [0.2, 0.25) is 15.1 Å². The lowest BCUT2D eigenvalue weighted by Crippen LogP contribution is -2.43. The minimum absolute atomic E-state index is 0.155. The molecule has 1 amide bonds. The van der Waals surface area contributed by atoms with E-state index in [1.807, 2.05) is 0 Å². The molecule has 2 N–H and O–H groups in total. The molecule has 5 nitrogen and oxygen atoms in total. The quantitative estimate of drug-likeness (QED) is 0.652. The second-order valence-electron chi connectivity index (χ2n) is 5.27. The summed E-state index contributed by atoms with van der Waals surface area (Å²) < 4.78 is 40.0. The summed E-state index contributed by atoms with van der Waals surface area (Å²) in [7, 11) is -4.01. The molecule has 0 fully saturated rings. The molecule has 140 valence electrons. The van der Waals surface area contributed by atoms with E-state index in [1.165, 1.54) is 12.1 Å². The molecule has 0 aliphatic rings. The van der Waals surface area contributed by atoms with Crippen molar-refractivity contribution in [2.75, 3.05) is 5.32 Å². The Morgan fingerprint density at radius 2 is 1.65 bits per heavy atom. The van der Waals surface area contributed by atoms with Gasteiger partial charge in [-0.25, -0.2) is 12.8 Å². The lowest BCUT2D eigenvalue weighted by atomic mass is 10.2. The highest BCUT2D eigenvalue weighted by Crippen LogP contribution is 2.32. The Morgan fingerprint density at radius 1 is 1.08 bits per heavy atom. The Kier molecular flexibility index (Phi) is 6.87. The highest BCUT2D eigenvalue weighted by Gasteiger charge is 2.25. The number of benzene rings is 2. The van der Waals surface area contributed by atoms with E-state index < -0.39 is 27.8 Å². The molecule has 0 aromatic heterocycles. The van der Waals surface area contributed by atoms with Gasteiger partial charge in [0.25, 0.3) is 0 Å². The van der Waals surface area contributed by atoms with E-state index in [0.29, 0.717) is 0 Å². The zero-order valence-electron chi connectivity index (χ0n) is 13.4. The first-order valence-corrected chi connectivity index (χ1v) is 9.99. The fourth-order valence-corrected chi connectivity index (χ4v) is 3.90. The van der Waals surface area contributed by atoms with Gasteiger partial charge < -0.3 is 5.32 Å². The Labute approximate surface area is 165 Å². The summed E-state index contributed by atoms with van der Waals surface area (Å²) in [4.78, 5) is 12.3. The molecule has 0 saturated carbocycles. The van der Waals surface area contributed by atoms with Gasteiger partial charge in [0.2, 0.25) is 15.9 Å². The Balaban J connectivity index is 2.18. The Hall–Kier alpha value is -1.38. The summed E-state index contributed by atoms with van der Waals surface area (Å²) in [6.45, 7) is 1.63. The first-order valence-electron chi connectivity index (χ1n) is 7.37. The first kappa shape index (κ1) is 20.9. The molecule has 10 heteroatoms. The Bertz CT molecular complexity index is 921. The van der Waals surface area contributed by atoms with Crippen LogP contribution < -0.4 is 10.0 Å². The van der Waals surface area contributed by atoms with Gasteiger partial charge in [0.05, 0.1) is 25.7 Å². The van der Waals surface area contributed by atoms with Crippen LogP contribution in [0.5, 0.6) is 0 Å². The van der Waals surface area contributed by atoms with Crippen molar-refractivity contribution in [3.8, 4) is 0 Å². The number of sulfonamides is 1. The summed E-state index contributed by atoms with van der Waals surface area (Å²) in [5, 5.41) is 3.08. The minimum atomic E-state index is -4.01. The normalized spacial score (nSPS) is 12.7. The van der Waals surface area contributed by atoms with Crippen molar-refractivity contribution in [2.24, 2.45) is 0 Å². The van der Waals surface area contributed by atoms with E-state index >= 15 is 0 Å². The fourth-order valence-electron chi connectivity index (χ4n) is 2.03. The van der Waals surface area contributed by atoms with Crippen molar-refractivity contribution in [1.82, 2.24) is 4.72 Å². The molecule has 0 aliphatic carbocycles. The smallest absolute Gasteiger partial charge is 0.242 e. The third-order valence-corrected chi connectivity index (χ3v) is 5.94. The summed E-state index contributed by atoms with van der Waals surface area (Å²) in [6.07, 6.45) is 0.172. The molecule has 1 unspecified atom stereocenters. The second-order valence-corrected chi connectivity index (χ2v) is 8.21. The molecular weight excluding hydrogens is 426 g/mol. The van der Waals surface area contributed by atoms with Crippen LogP contribution in [0.25, 0.3) is 0 Å². The van der Waals surface area contributed by atoms with E-state index in [-0.39, 0.29) is 32.1 Å². The van der Waals surface area contributed by atoms with E-state index in [0.717, 1.165) is 24.3 Å². The van der Waals surface area contributed by atoms with E-state index in [9.17, 15) is 17.6 Å². The van der Waals surface area contributed by atoms with Gasteiger partial charge in [-0.3, -0.25) is 4.79 Å². The van der Waals surface area contributed by atoms with Crippen LogP contribution in [0.15, 0.2) is 41.3 Å². The molecule has 0 aliphatic heterocycles. The molecular formula is C16H14Cl3FN2O3S. The first-order chi connectivity index (χ1) is 12.1. The minimum Gasteiger partial charge on any atom is -0.323 e. The summed E-state index contributed by atoms with van der Waals surface area (Å²) >= 11 is 17.7. The van der Waals surface area contributed by atoms with Gasteiger partial charge in [-0.15, -0.1) is 0 Å². The van der Waals surface area contributed by atoms with Crippen molar-refractivity contribution in [2.45, 2.75) is 24.3 Å². The monoisotopic (exact) mass is 438 g/mol. The van der Waals surface area contributed by atoms with Crippen LogP contribution in [-0.2, 0) is 14.8 Å². The van der Waals surface area contributed by atoms with Gasteiger partial charge in [-0.1, -0.05) is 41.7 Å². The lowest BCUT2D eigenvalue weighted by molar-refractivity contribution is -0.117. The van der Waals surface area contributed by atoms with Crippen LogP contribution >= 0.6 is 34.8 Å². The van der Waals surface area contributed by atoms with Crippen LogP contribution in [0, 0.1) is 5.82 Å². The van der Waals surface area contributed by atoms with Gasteiger partial charge >= 0.3 is 0 Å². The largest absolute Gasteiger partial charge is 0.323 e. The predicted molar refractivity (Wildman–Crippen MR) is 101 cm³/mol. The number of halogens is 4. The van der Waals surface area contributed by atoms with Crippen molar-refractivity contribution < 1.29 is 17.6 Å². The number of anilines is 1. The Morgan fingerprint density at radius 3 is 2.23 bits per heavy atom. The molecule has 1 atom stereocenters. The maximum Gasteiger partial charge on any atom is 0.242 e. The van der Waals surface area contributed by atoms with Gasteiger partial charge in [0, 0.05) is 0 Å². The number of hydrogen-bond acceptors (Lipinski definition) is 3. The molecule has 2 aromatic carbocycles. The third kappa shape index (κ3) is 5.08. The summed E-state index contributed by atoms with van der Waals surface area (Å²) in [5.74, 6) is -1.19. The van der Waals surface area contributed by atoms with Crippen LogP contribution in [0.3, 0.4) is 0 Å². The van der Waals surface area contributed by atoms with Gasteiger partial charge in [-0.05, 0) is 42.8 Å². The fraction of sp³-hybridized carbons (Fsp3) is 0.188. The molecule has 2 rings (SSSR count). The van der Waals surface area contributed by atoms with Crippen molar-refractivity contribution in [3.63, 3.8) is 0 Å². The SMILES string of the molecule is CCC(NS(=O)(=O)c1ccc(F)cc1)C(=O)Nc1cc(Cl)c(Cl)cc1Cl.